The predicted octanol–water partition coefficient (Wildman–Crippen LogP) is 4.07. The lowest BCUT2D eigenvalue weighted by Crippen LogP contribution is -2.60. The summed E-state index contributed by atoms with van der Waals surface area (Å²) < 4.78 is 0. The average Bonchev–Trinajstić information content (AvgIpc) is 3.07. The number of carboxylic acids is 1. The fourth-order valence-corrected chi connectivity index (χ4v) is 5.86. The van der Waals surface area contributed by atoms with E-state index in [1.165, 1.54) is 23.0 Å². The van der Waals surface area contributed by atoms with Crippen molar-refractivity contribution in [2.75, 3.05) is 11.9 Å². The molecule has 2 saturated heterocycles. The molecular formula is C30H38ClN3O8. The van der Waals surface area contributed by atoms with Crippen LogP contribution in [0.25, 0.3) is 0 Å². The molecule has 0 radical (unpaired) electrons. The number of Topliss-reactive ketones (excluding diaryl/α,β-unsaturated/α-hetero) is 2. The highest BCUT2D eigenvalue weighted by molar-refractivity contribution is 6.34. The highest BCUT2D eigenvalue weighted by Gasteiger charge is 2.44. The molecule has 11 nitrogen and oxygen atoms in total. The minimum atomic E-state index is -1.08. The molecule has 2 aliphatic rings. The number of ketones is 2. The summed E-state index contributed by atoms with van der Waals surface area (Å²) in [5.41, 5.74) is 0.793. The van der Waals surface area contributed by atoms with Gasteiger partial charge in [-0.3, -0.25) is 33.8 Å². The number of hydrazine groups is 1. The first-order valence-electron chi connectivity index (χ1n) is 14.4. The van der Waals surface area contributed by atoms with Crippen LogP contribution in [-0.2, 0) is 28.8 Å². The molecular weight excluding hydrogens is 566 g/mol. The first-order chi connectivity index (χ1) is 19.9. The summed E-state index contributed by atoms with van der Waals surface area (Å²) in [6.45, 7) is 3.40. The lowest BCUT2D eigenvalue weighted by molar-refractivity contribution is -0.177. The quantitative estimate of drug-likeness (QED) is 0.238. The van der Waals surface area contributed by atoms with Gasteiger partial charge < -0.3 is 15.2 Å². The van der Waals surface area contributed by atoms with Crippen LogP contribution < -0.4 is 5.32 Å². The molecule has 2 heterocycles. The number of rotatable bonds is 14. The lowest BCUT2D eigenvalue weighted by atomic mass is 9.87. The van der Waals surface area contributed by atoms with Crippen molar-refractivity contribution in [1.82, 2.24) is 10.0 Å². The number of halogens is 1. The van der Waals surface area contributed by atoms with Crippen LogP contribution >= 0.6 is 11.6 Å². The Morgan fingerprint density at radius 3 is 2.55 bits per heavy atom. The number of hydrogen-bond donors (Lipinski definition) is 2. The Morgan fingerprint density at radius 1 is 1.17 bits per heavy atom. The van der Waals surface area contributed by atoms with Crippen molar-refractivity contribution in [1.29, 1.82) is 0 Å². The maximum absolute atomic E-state index is 13.7. The van der Waals surface area contributed by atoms with Crippen molar-refractivity contribution >= 4 is 58.8 Å². The number of hydrogen-bond acceptors (Lipinski definition) is 7. The molecule has 0 unspecified atom stereocenters. The average molecular weight is 604 g/mol. The van der Waals surface area contributed by atoms with Gasteiger partial charge in [-0.25, -0.2) is 5.01 Å². The molecule has 0 bridgehead atoms. The second kappa shape index (κ2) is 15.0. The molecule has 0 spiro atoms. The maximum atomic E-state index is 13.7. The largest absolute Gasteiger partial charge is 0.481 e. The molecule has 3 amide bonds. The Kier molecular flexibility index (Phi) is 11.8. The zero-order valence-electron chi connectivity index (χ0n) is 24.0. The second-order valence-corrected chi connectivity index (χ2v) is 11.6. The van der Waals surface area contributed by atoms with Crippen LogP contribution in [0.2, 0.25) is 5.02 Å². The third-order valence-electron chi connectivity index (χ3n) is 7.94. The molecule has 42 heavy (non-hydrogen) atoms. The van der Waals surface area contributed by atoms with E-state index in [2.05, 4.69) is 5.32 Å². The van der Waals surface area contributed by atoms with Crippen molar-refractivity contribution in [2.45, 2.75) is 84.1 Å². The SMILES string of the molecule is CC(=O)Nc1ccc(C(=O)CCC[C@H]2CCC(=O)N3CCC[C@@H](C(=O)[C@@H](C)CC[C@H](C=O)CC(=O)O)N3C2=O)cc1Cl. The van der Waals surface area contributed by atoms with Crippen molar-refractivity contribution < 1.29 is 38.7 Å². The van der Waals surface area contributed by atoms with E-state index in [-0.39, 0.29) is 60.0 Å². The topological polar surface area (TPSA) is 158 Å². The van der Waals surface area contributed by atoms with Gasteiger partial charge in [-0.1, -0.05) is 18.5 Å². The monoisotopic (exact) mass is 603 g/mol. The summed E-state index contributed by atoms with van der Waals surface area (Å²) in [6, 6.07) is 3.82. The van der Waals surface area contributed by atoms with Gasteiger partial charge in [-0.05, 0) is 63.1 Å². The molecule has 12 heteroatoms. The third kappa shape index (κ3) is 8.47. The van der Waals surface area contributed by atoms with Crippen molar-refractivity contribution in [2.24, 2.45) is 17.8 Å². The van der Waals surface area contributed by atoms with E-state index >= 15 is 0 Å². The molecule has 2 N–H and O–H groups in total. The predicted molar refractivity (Wildman–Crippen MR) is 153 cm³/mol. The number of anilines is 1. The van der Waals surface area contributed by atoms with Crippen LogP contribution in [-0.4, -0.2) is 69.3 Å². The van der Waals surface area contributed by atoms with Crippen LogP contribution in [0.1, 0.15) is 88.4 Å². The van der Waals surface area contributed by atoms with Gasteiger partial charge in [0.05, 0.1) is 17.1 Å². The lowest BCUT2D eigenvalue weighted by Gasteiger charge is -2.43. The number of carbonyl (C=O) groups excluding carboxylic acids is 6. The molecule has 2 fully saturated rings. The van der Waals surface area contributed by atoms with Gasteiger partial charge in [0.25, 0.3) is 0 Å². The fourth-order valence-electron chi connectivity index (χ4n) is 5.63. The van der Waals surface area contributed by atoms with E-state index in [1.807, 2.05) is 0 Å². The Bertz CT molecular complexity index is 1230. The molecule has 0 aromatic heterocycles. The standard InChI is InChI=1S/C30H38ClN3O8/c1-18(8-9-20(17-35)15-28(39)40)29(41)25-6-4-14-33-27(38)13-11-21(30(42)34(25)33)5-3-7-26(37)22-10-12-24(23(31)16-22)32-19(2)36/h10,12,16-18,20-21,25H,3-9,11,13-15H2,1-2H3,(H,32,36)(H,39,40)/t18-,20-,21-,25-/m0/s1. The summed E-state index contributed by atoms with van der Waals surface area (Å²) in [4.78, 5) is 86.5. The summed E-state index contributed by atoms with van der Waals surface area (Å²) in [7, 11) is 0. The van der Waals surface area contributed by atoms with E-state index in [0.29, 0.717) is 62.6 Å². The van der Waals surface area contributed by atoms with Gasteiger partial charge in [-0.2, -0.15) is 0 Å². The minimum Gasteiger partial charge on any atom is -0.481 e. The molecule has 1 aromatic carbocycles. The molecule has 3 rings (SSSR count). The number of amides is 3. The van der Waals surface area contributed by atoms with Crippen LogP contribution in [0.15, 0.2) is 18.2 Å². The smallest absolute Gasteiger partial charge is 0.304 e. The Balaban J connectivity index is 1.65. The summed E-state index contributed by atoms with van der Waals surface area (Å²) in [5, 5.41) is 14.5. The summed E-state index contributed by atoms with van der Waals surface area (Å²) in [5.74, 6) is -4.03. The maximum Gasteiger partial charge on any atom is 0.304 e. The molecule has 1 aromatic rings. The van der Waals surface area contributed by atoms with Crippen molar-refractivity contribution in [3.05, 3.63) is 28.8 Å². The Labute approximate surface area is 249 Å². The number of carboxylic acid groups (broad SMARTS) is 1. The summed E-state index contributed by atoms with van der Waals surface area (Å²) >= 11 is 6.19. The molecule has 2 aliphatic heterocycles. The number of carbonyl (C=O) groups is 7. The molecule has 0 aliphatic carbocycles. The van der Waals surface area contributed by atoms with Gasteiger partial charge in [0.15, 0.2) is 11.6 Å². The number of nitrogens with zero attached hydrogens (tertiary/aromatic N) is 2. The highest BCUT2D eigenvalue weighted by atomic mass is 35.5. The van der Waals surface area contributed by atoms with Gasteiger partial charge in [0.2, 0.25) is 17.7 Å². The first-order valence-corrected chi connectivity index (χ1v) is 14.7. The van der Waals surface area contributed by atoms with Crippen LogP contribution in [0.3, 0.4) is 0 Å². The molecule has 0 saturated carbocycles. The van der Waals surface area contributed by atoms with Crippen LogP contribution in [0, 0.1) is 17.8 Å². The zero-order chi connectivity index (χ0) is 31.0. The zero-order valence-corrected chi connectivity index (χ0v) is 24.7. The van der Waals surface area contributed by atoms with Crippen LogP contribution in [0.4, 0.5) is 5.69 Å². The van der Waals surface area contributed by atoms with E-state index in [0.717, 1.165) is 0 Å². The van der Waals surface area contributed by atoms with Gasteiger partial charge in [-0.15, -0.1) is 0 Å². The highest BCUT2D eigenvalue weighted by Crippen LogP contribution is 2.32. The van der Waals surface area contributed by atoms with Crippen molar-refractivity contribution in [3.63, 3.8) is 0 Å². The number of nitrogens with one attached hydrogen (secondary N) is 1. The van der Waals surface area contributed by atoms with E-state index < -0.39 is 29.8 Å². The number of fused-ring (bicyclic) bond motifs is 1. The number of aliphatic carboxylic acids is 1. The second-order valence-electron chi connectivity index (χ2n) is 11.2. The first kappa shape index (κ1) is 32.9. The van der Waals surface area contributed by atoms with E-state index in [9.17, 15) is 33.6 Å². The van der Waals surface area contributed by atoms with Crippen LogP contribution in [0.5, 0.6) is 0 Å². The number of benzene rings is 1. The van der Waals surface area contributed by atoms with E-state index in [4.69, 9.17) is 16.7 Å². The Hall–Kier alpha value is -3.60. The third-order valence-corrected chi connectivity index (χ3v) is 8.26. The van der Waals surface area contributed by atoms with Gasteiger partial charge in [0.1, 0.15) is 12.3 Å². The van der Waals surface area contributed by atoms with Gasteiger partial charge >= 0.3 is 5.97 Å². The van der Waals surface area contributed by atoms with Crippen molar-refractivity contribution in [3.8, 4) is 0 Å². The minimum absolute atomic E-state index is 0.158. The normalized spacial score (nSPS) is 20.3. The fraction of sp³-hybridized carbons (Fsp3) is 0.567. The number of aldehydes is 1. The molecule has 228 valence electrons. The summed E-state index contributed by atoms with van der Waals surface area (Å²) in [6.07, 6.45) is 3.20. The molecule has 4 atom stereocenters. The van der Waals surface area contributed by atoms with Gasteiger partial charge in [0, 0.05) is 49.6 Å². The Morgan fingerprint density at radius 2 is 1.90 bits per heavy atom. The van der Waals surface area contributed by atoms with E-state index in [1.54, 1.807) is 19.1 Å².